The van der Waals surface area contributed by atoms with E-state index in [0.717, 1.165) is 18.8 Å². The van der Waals surface area contributed by atoms with Gasteiger partial charge in [-0.3, -0.25) is 0 Å². The Morgan fingerprint density at radius 2 is 2.00 bits per heavy atom. The first kappa shape index (κ1) is 11.6. The van der Waals surface area contributed by atoms with Crippen LogP contribution in [-0.4, -0.2) is 16.1 Å². The van der Waals surface area contributed by atoms with Crippen molar-refractivity contribution in [3.05, 3.63) is 17.2 Å². The van der Waals surface area contributed by atoms with Crippen LogP contribution in [0.25, 0.3) is 0 Å². The molecule has 1 fully saturated rings. The summed E-state index contributed by atoms with van der Waals surface area (Å²) < 4.78 is 2.22. The molecule has 0 spiro atoms. The molecule has 90 valence electrons. The fourth-order valence-electron chi connectivity index (χ4n) is 2.82. The summed E-state index contributed by atoms with van der Waals surface area (Å²) >= 11 is 0. The van der Waals surface area contributed by atoms with Gasteiger partial charge in [0.15, 0.2) is 0 Å². The lowest BCUT2D eigenvalue weighted by Gasteiger charge is -2.21. The third-order valence-corrected chi connectivity index (χ3v) is 3.84. The smallest absolute Gasteiger partial charge is 0.105 e. The van der Waals surface area contributed by atoms with E-state index in [9.17, 15) is 0 Å². The first-order chi connectivity index (χ1) is 7.74. The maximum atomic E-state index is 5.70. The molecule has 2 N–H and O–H groups in total. The number of nitrogens with zero attached hydrogens (tertiary/aromatic N) is 2. The first-order valence-electron chi connectivity index (χ1n) is 6.46. The second-order valence-corrected chi connectivity index (χ2v) is 4.92. The van der Waals surface area contributed by atoms with Crippen molar-refractivity contribution in [3.63, 3.8) is 0 Å². The van der Waals surface area contributed by atoms with Crippen LogP contribution in [0.2, 0.25) is 0 Å². The van der Waals surface area contributed by atoms with Gasteiger partial charge in [0.2, 0.25) is 0 Å². The van der Waals surface area contributed by atoms with E-state index in [1.165, 1.54) is 43.5 Å². The van der Waals surface area contributed by atoms with Crippen LogP contribution in [0.3, 0.4) is 0 Å². The number of rotatable bonds is 3. The van der Waals surface area contributed by atoms with Crippen LogP contribution < -0.4 is 5.73 Å². The molecule has 0 aliphatic heterocycles. The molecule has 1 aromatic heterocycles. The third kappa shape index (κ3) is 2.14. The van der Waals surface area contributed by atoms with Crippen molar-refractivity contribution in [2.45, 2.75) is 51.4 Å². The molecule has 3 nitrogen and oxygen atoms in total. The summed E-state index contributed by atoms with van der Waals surface area (Å²) in [5.41, 5.74) is 8.40. The van der Waals surface area contributed by atoms with E-state index in [4.69, 9.17) is 10.7 Å². The molecule has 1 saturated carbocycles. The van der Waals surface area contributed by atoms with Gasteiger partial charge >= 0.3 is 0 Å². The SMILES string of the molecule is Cc1nc(C2CCCCC2)c(CCN)n1C. The predicted octanol–water partition coefficient (Wildman–Crippen LogP) is 2.28. The van der Waals surface area contributed by atoms with Crippen molar-refractivity contribution >= 4 is 0 Å². The number of aryl methyl sites for hydroxylation is 1. The lowest BCUT2D eigenvalue weighted by Crippen LogP contribution is -2.12. The van der Waals surface area contributed by atoms with E-state index >= 15 is 0 Å². The van der Waals surface area contributed by atoms with Crippen molar-refractivity contribution in [1.82, 2.24) is 9.55 Å². The molecule has 0 bridgehead atoms. The molecule has 0 saturated heterocycles. The highest BCUT2D eigenvalue weighted by atomic mass is 15.1. The fourth-order valence-corrected chi connectivity index (χ4v) is 2.82. The second kappa shape index (κ2) is 5.00. The molecule has 3 heteroatoms. The zero-order valence-corrected chi connectivity index (χ0v) is 10.5. The van der Waals surface area contributed by atoms with E-state index in [-0.39, 0.29) is 0 Å². The van der Waals surface area contributed by atoms with Gasteiger partial charge in [0, 0.05) is 25.1 Å². The molecule has 0 radical (unpaired) electrons. The molecule has 1 aliphatic carbocycles. The molecule has 1 heterocycles. The lowest BCUT2D eigenvalue weighted by atomic mass is 9.86. The minimum absolute atomic E-state index is 0.690. The van der Waals surface area contributed by atoms with Crippen molar-refractivity contribution in [3.8, 4) is 0 Å². The fraction of sp³-hybridized carbons (Fsp3) is 0.769. The van der Waals surface area contributed by atoms with Crippen molar-refractivity contribution in [2.75, 3.05) is 6.54 Å². The normalized spacial score (nSPS) is 17.9. The summed E-state index contributed by atoms with van der Waals surface area (Å²) in [6.45, 7) is 2.81. The van der Waals surface area contributed by atoms with E-state index in [1.54, 1.807) is 0 Å². The van der Waals surface area contributed by atoms with Gasteiger partial charge in [-0.05, 0) is 26.3 Å². The van der Waals surface area contributed by atoms with Gasteiger partial charge in [0.25, 0.3) is 0 Å². The van der Waals surface area contributed by atoms with Gasteiger partial charge in [-0.15, -0.1) is 0 Å². The van der Waals surface area contributed by atoms with Crippen molar-refractivity contribution in [2.24, 2.45) is 12.8 Å². The number of imidazole rings is 1. The Morgan fingerprint density at radius 1 is 1.31 bits per heavy atom. The Labute approximate surface area is 98.1 Å². The van der Waals surface area contributed by atoms with Gasteiger partial charge in [-0.25, -0.2) is 4.98 Å². The van der Waals surface area contributed by atoms with Crippen LogP contribution in [-0.2, 0) is 13.5 Å². The topological polar surface area (TPSA) is 43.8 Å². The van der Waals surface area contributed by atoms with Crippen molar-refractivity contribution < 1.29 is 0 Å². The maximum absolute atomic E-state index is 5.70. The van der Waals surface area contributed by atoms with Crippen LogP contribution in [0.4, 0.5) is 0 Å². The highest BCUT2D eigenvalue weighted by molar-refractivity contribution is 5.21. The summed E-state index contributed by atoms with van der Waals surface area (Å²) in [5.74, 6) is 1.82. The third-order valence-electron chi connectivity index (χ3n) is 3.84. The van der Waals surface area contributed by atoms with E-state index in [2.05, 4.69) is 18.5 Å². The van der Waals surface area contributed by atoms with E-state index in [1.807, 2.05) is 0 Å². The molecular weight excluding hydrogens is 198 g/mol. The quantitative estimate of drug-likeness (QED) is 0.851. The van der Waals surface area contributed by atoms with Crippen LogP contribution >= 0.6 is 0 Å². The Bertz CT molecular complexity index is 348. The minimum Gasteiger partial charge on any atom is -0.335 e. The molecule has 0 atom stereocenters. The highest BCUT2D eigenvalue weighted by Crippen LogP contribution is 2.34. The van der Waals surface area contributed by atoms with Gasteiger partial charge in [-0.2, -0.15) is 0 Å². The molecule has 1 aromatic rings. The summed E-state index contributed by atoms with van der Waals surface area (Å²) in [7, 11) is 2.11. The second-order valence-electron chi connectivity index (χ2n) is 4.92. The van der Waals surface area contributed by atoms with Gasteiger partial charge in [0.05, 0.1) is 5.69 Å². The largest absolute Gasteiger partial charge is 0.335 e. The Kier molecular flexibility index (Phi) is 3.64. The molecule has 2 rings (SSSR count). The Balaban J connectivity index is 2.27. The average molecular weight is 221 g/mol. The van der Waals surface area contributed by atoms with Gasteiger partial charge < -0.3 is 10.3 Å². The monoisotopic (exact) mass is 221 g/mol. The molecule has 1 aliphatic rings. The predicted molar refractivity (Wildman–Crippen MR) is 66.5 cm³/mol. The minimum atomic E-state index is 0.690. The van der Waals surface area contributed by atoms with Crippen LogP contribution in [0, 0.1) is 6.92 Å². The number of hydrogen-bond acceptors (Lipinski definition) is 2. The van der Waals surface area contributed by atoms with Crippen molar-refractivity contribution in [1.29, 1.82) is 0 Å². The molecular formula is C13H23N3. The maximum Gasteiger partial charge on any atom is 0.105 e. The number of aromatic nitrogens is 2. The molecule has 16 heavy (non-hydrogen) atoms. The van der Waals surface area contributed by atoms with Crippen LogP contribution in [0.1, 0.15) is 55.2 Å². The summed E-state index contributed by atoms with van der Waals surface area (Å²) in [5, 5.41) is 0. The molecule has 0 amide bonds. The molecule has 0 unspecified atom stereocenters. The molecule has 0 aromatic carbocycles. The number of hydrogen-bond donors (Lipinski definition) is 1. The highest BCUT2D eigenvalue weighted by Gasteiger charge is 2.22. The van der Waals surface area contributed by atoms with Crippen LogP contribution in [0.5, 0.6) is 0 Å². The zero-order valence-electron chi connectivity index (χ0n) is 10.5. The summed E-state index contributed by atoms with van der Waals surface area (Å²) in [6.07, 6.45) is 7.71. The lowest BCUT2D eigenvalue weighted by molar-refractivity contribution is 0.435. The Hall–Kier alpha value is -0.830. The van der Waals surface area contributed by atoms with Crippen LogP contribution in [0.15, 0.2) is 0 Å². The average Bonchev–Trinajstić information content (AvgIpc) is 2.59. The first-order valence-corrected chi connectivity index (χ1v) is 6.46. The Morgan fingerprint density at radius 3 is 2.62 bits per heavy atom. The van der Waals surface area contributed by atoms with E-state index < -0.39 is 0 Å². The van der Waals surface area contributed by atoms with Gasteiger partial charge in [0.1, 0.15) is 5.82 Å². The zero-order chi connectivity index (χ0) is 11.5. The number of nitrogens with two attached hydrogens (primary N) is 1. The van der Waals surface area contributed by atoms with Gasteiger partial charge in [-0.1, -0.05) is 19.3 Å². The summed E-state index contributed by atoms with van der Waals surface area (Å²) in [6, 6.07) is 0. The standard InChI is InChI=1S/C13H23N3/c1-10-15-13(11-6-4-3-5-7-11)12(8-9-14)16(10)2/h11H,3-9,14H2,1-2H3. The summed E-state index contributed by atoms with van der Waals surface area (Å²) in [4.78, 5) is 4.76. The van der Waals surface area contributed by atoms with E-state index in [0.29, 0.717) is 5.92 Å².